The lowest BCUT2D eigenvalue weighted by atomic mass is 10.1. The van der Waals surface area contributed by atoms with Crippen LogP contribution in [0.5, 0.6) is 0 Å². The highest BCUT2D eigenvalue weighted by Gasteiger charge is 2.26. The molecule has 26 heavy (non-hydrogen) atoms. The molecule has 0 bridgehead atoms. The Morgan fingerprint density at radius 3 is 2.92 bits per heavy atom. The first kappa shape index (κ1) is 16.9. The number of nitrogens with one attached hydrogen (secondary N) is 1. The summed E-state index contributed by atoms with van der Waals surface area (Å²) in [7, 11) is 0. The summed E-state index contributed by atoms with van der Waals surface area (Å²) in [6.07, 6.45) is 0.885. The molecule has 3 heterocycles. The molecular weight excluding hydrogens is 338 g/mol. The minimum absolute atomic E-state index is 0.0876. The predicted molar refractivity (Wildman–Crippen MR) is 94.3 cm³/mol. The van der Waals surface area contributed by atoms with Gasteiger partial charge in [-0.1, -0.05) is 12.1 Å². The van der Waals surface area contributed by atoms with Crippen LogP contribution in [-0.4, -0.2) is 32.6 Å². The Balaban J connectivity index is 1.55. The maximum absolute atomic E-state index is 13.9. The zero-order valence-electron chi connectivity index (χ0n) is 14.7. The summed E-state index contributed by atoms with van der Waals surface area (Å²) in [5, 5.41) is 3.16. The van der Waals surface area contributed by atoms with E-state index in [-0.39, 0.29) is 11.5 Å². The summed E-state index contributed by atoms with van der Waals surface area (Å²) in [6, 6.07) is 6.18. The number of fused-ring (bicyclic) bond motifs is 1. The maximum atomic E-state index is 13.9. The summed E-state index contributed by atoms with van der Waals surface area (Å²) in [5.41, 5.74) is 3.20. The number of hydrogen-bond donors (Lipinski definition) is 1. The van der Waals surface area contributed by atoms with Gasteiger partial charge in [0.25, 0.3) is 5.56 Å². The van der Waals surface area contributed by atoms with Crippen molar-refractivity contribution in [1.29, 1.82) is 0 Å². The molecule has 4 rings (SSSR count). The summed E-state index contributed by atoms with van der Waals surface area (Å²) < 4.78 is 28.7. The van der Waals surface area contributed by atoms with Crippen molar-refractivity contribution in [3.8, 4) is 0 Å². The average molecular weight is 358 g/mol. The first-order chi connectivity index (χ1) is 12.4. The van der Waals surface area contributed by atoms with Crippen molar-refractivity contribution in [1.82, 2.24) is 19.5 Å². The van der Waals surface area contributed by atoms with E-state index in [2.05, 4.69) is 15.0 Å². The van der Waals surface area contributed by atoms with Gasteiger partial charge in [-0.05, 0) is 32.9 Å². The highest BCUT2D eigenvalue weighted by molar-refractivity contribution is 5.42. The lowest BCUT2D eigenvalue weighted by Crippen LogP contribution is -2.21. The largest absolute Gasteiger partial charge is 0.298 e. The molecule has 3 aromatic rings. The van der Waals surface area contributed by atoms with Gasteiger partial charge in [0, 0.05) is 47.6 Å². The monoisotopic (exact) mass is 358 g/mol. The number of H-pyrrole nitrogens is 1. The average Bonchev–Trinajstić information content (AvgIpc) is 3.24. The smallest absolute Gasteiger partial charge is 0.275 e. The van der Waals surface area contributed by atoms with E-state index in [1.807, 2.05) is 13.0 Å². The summed E-state index contributed by atoms with van der Waals surface area (Å²) in [6.45, 7) is 5.47. The lowest BCUT2D eigenvalue weighted by molar-refractivity contribution is 0.318. The van der Waals surface area contributed by atoms with Gasteiger partial charge in [-0.15, -0.1) is 0 Å². The standard InChI is InChI=1S/C19H20F2N4O/c1-11-12(2)22-17-8-16(23-25(17)19(11)26)13-6-7-24(9-13)10-14-4-3-5-15(20)18(14)21/h3-5,8,13,23H,6-7,9-10H2,1-2H3/t13-/m0/s1. The second-order valence-corrected chi connectivity index (χ2v) is 6.97. The molecule has 1 N–H and O–H groups in total. The normalized spacial score (nSPS) is 18.1. The highest BCUT2D eigenvalue weighted by Crippen LogP contribution is 2.28. The minimum Gasteiger partial charge on any atom is -0.298 e. The molecule has 1 aliphatic heterocycles. The molecule has 136 valence electrons. The molecule has 0 amide bonds. The van der Waals surface area contributed by atoms with Crippen LogP contribution in [0.4, 0.5) is 8.78 Å². The van der Waals surface area contributed by atoms with Crippen LogP contribution in [0.3, 0.4) is 0 Å². The fourth-order valence-electron chi connectivity index (χ4n) is 3.59. The molecule has 5 nitrogen and oxygen atoms in total. The Kier molecular flexibility index (Phi) is 4.11. The van der Waals surface area contributed by atoms with Gasteiger partial charge >= 0.3 is 0 Å². The topological polar surface area (TPSA) is 53.4 Å². The Morgan fingerprint density at radius 1 is 1.31 bits per heavy atom. The molecule has 2 aromatic heterocycles. The molecule has 0 radical (unpaired) electrons. The molecular formula is C19H20F2N4O. The Bertz CT molecular complexity index is 1040. The quantitative estimate of drug-likeness (QED) is 0.783. The van der Waals surface area contributed by atoms with E-state index in [9.17, 15) is 13.6 Å². The van der Waals surface area contributed by atoms with Crippen LogP contribution >= 0.6 is 0 Å². The maximum Gasteiger partial charge on any atom is 0.275 e. The molecule has 0 saturated carbocycles. The third-order valence-corrected chi connectivity index (χ3v) is 5.24. The van der Waals surface area contributed by atoms with Crippen molar-refractivity contribution in [3.63, 3.8) is 0 Å². The zero-order valence-corrected chi connectivity index (χ0v) is 14.7. The highest BCUT2D eigenvalue weighted by atomic mass is 19.2. The fraction of sp³-hybridized carbons (Fsp3) is 0.368. The van der Waals surface area contributed by atoms with E-state index in [0.717, 1.165) is 37.0 Å². The van der Waals surface area contributed by atoms with Gasteiger partial charge in [0.1, 0.15) is 0 Å². The van der Waals surface area contributed by atoms with Crippen LogP contribution in [0.15, 0.2) is 29.1 Å². The number of rotatable bonds is 3. The fourth-order valence-corrected chi connectivity index (χ4v) is 3.59. The second kappa shape index (κ2) is 6.32. The lowest BCUT2D eigenvalue weighted by Gasteiger charge is -2.16. The second-order valence-electron chi connectivity index (χ2n) is 6.97. The Morgan fingerprint density at radius 2 is 2.12 bits per heavy atom. The van der Waals surface area contributed by atoms with Crippen molar-refractivity contribution in [2.24, 2.45) is 0 Å². The van der Waals surface area contributed by atoms with Gasteiger partial charge in [-0.3, -0.25) is 14.8 Å². The van der Waals surface area contributed by atoms with E-state index in [1.165, 1.54) is 10.6 Å². The van der Waals surface area contributed by atoms with Crippen molar-refractivity contribution in [2.45, 2.75) is 32.7 Å². The third kappa shape index (κ3) is 2.82. The predicted octanol–water partition coefficient (Wildman–Crippen LogP) is 2.91. The molecule has 0 unspecified atom stereocenters. The number of halogens is 2. The first-order valence-corrected chi connectivity index (χ1v) is 8.68. The SMILES string of the molecule is Cc1nc2cc([C@H]3CCN(Cc4cccc(F)c4F)C3)[nH]n2c(=O)c1C. The van der Waals surface area contributed by atoms with Gasteiger partial charge in [-0.2, -0.15) is 0 Å². The van der Waals surface area contributed by atoms with Crippen molar-refractivity contribution in [3.05, 3.63) is 68.8 Å². The van der Waals surface area contributed by atoms with Gasteiger partial charge in [0.2, 0.25) is 0 Å². The summed E-state index contributed by atoms with van der Waals surface area (Å²) in [4.78, 5) is 18.9. The molecule has 1 aromatic carbocycles. The molecule has 1 aliphatic rings. The summed E-state index contributed by atoms with van der Waals surface area (Å²) in [5.74, 6) is -1.39. The Hall–Kier alpha value is -2.54. The number of hydrogen-bond acceptors (Lipinski definition) is 3. The number of aromatic amines is 1. The van der Waals surface area contributed by atoms with Crippen molar-refractivity contribution in [2.75, 3.05) is 13.1 Å². The molecule has 1 saturated heterocycles. The van der Waals surface area contributed by atoms with Gasteiger partial charge in [-0.25, -0.2) is 18.3 Å². The van der Waals surface area contributed by atoms with Crippen molar-refractivity contribution < 1.29 is 8.78 Å². The number of nitrogens with zero attached hydrogens (tertiary/aromatic N) is 3. The van der Waals surface area contributed by atoms with E-state index >= 15 is 0 Å². The van der Waals surface area contributed by atoms with Gasteiger partial charge < -0.3 is 0 Å². The molecule has 1 fully saturated rings. The number of aryl methyl sites for hydroxylation is 1. The van der Waals surface area contributed by atoms with Crippen LogP contribution in [-0.2, 0) is 6.54 Å². The van der Waals surface area contributed by atoms with Crippen LogP contribution < -0.4 is 5.56 Å². The number of benzene rings is 1. The molecule has 7 heteroatoms. The van der Waals surface area contributed by atoms with Crippen LogP contribution in [0.2, 0.25) is 0 Å². The van der Waals surface area contributed by atoms with E-state index in [1.54, 1.807) is 13.0 Å². The number of likely N-dealkylation sites (tertiary alicyclic amines) is 1. The van der Waals surface area contributed by atoms with Gasteiger partial charge in [0.05, 0.1) is 0 Å². The number of aromatic nitrogens is 3. The first-order valence-electron chi connectivity index (χ1n) is 8.68. The molecule has 0 aliphatic carbocycles. The van der Waals surface area contributed by atoms with E-state index in [4.69, 9.17) is 0 Å². The van der Waals surface area contributed by atoms with E-state index < -0.39 is 11.6 Å². The van der Waals surface area contributed by atoms with Crippen molar-refractivity contribution >= 4 is 5.65 Å². The minimum atomic E-state index is -0.815. The Labute approximate surface area is 149 Å². The molecule has 0 spiro atoms. The van der Waals surface area contributed by atoms with Crippen LogP contribution in [0.25, 0.3) is 5.65 Å². The van der Waals surface area contributed by atoms with E-state index in [0.29, 0.717) is 23.3 Å². The third-order valence-electron chi connectivity index (χ3n) is 5.24. The van der Waals surface area contributed by atoms with Gasteiger partial charge in [0.15, 0.2) is 17.3 Å². The zero-order chi connectivity index (χ0) is 18.4. The molecule has 1 atom stereocenters. The summed E-state index contributed by atoms with van der Waals surface area (Å²) >= 11 is 0. The van der Waals surface area contributed by atoms with Crippen LogP contribution in [0, 0.1) is 25.5 Å². The van der Waals surface area contributed by atoms with Crippen LogP contribution in [0.1, 0.15) is 34.9 Å².